The summed E-state index contributed by atoms with van der Waals surface area (Å²) in [6, 6.07) is 12.9. The first kappa shape index (κ1) is 20.6. The zero-order chi connectivity index (χ0) is 22.2. The number of nitrogens with zero attached hydrogens (tertiary/aromatic N) is 3. The summed E-state index contributed by atoms with van der Waals surface area (Å²) in [5.74, 6) is 1.08. The summed E-state index contributed by atoms with van der Waals surface area (Å²) < 4.78 is 7.42. The van der Waals surface area contributed by atoms with Crippen LogP contribution in [0, 0.1) is 13.8 Å². The quantitative estimate of drug-likeness (QED) is 0.569. The fraction of sp³-hybridized carbons (Fsp3) is 0.333. The van der Waals surface area contributed by atoms with Crippen LogP contribution in [0.4, 0.5) is 0 Å². The lowest BCUT2D eigenvalue weighted by Crippen LogP contribution is -2.44. The molecule has 0 radical (unpaired) electrons. The number of hydrogen-bond donors (Lipinski definition) is 0. The molecule has 1 aliphatic heterocycles. The van der Waals surface area contributed by atoms with Crippen LogP contribution in [0.3, 0.4) is 0 Å². The summed E-state index contributed by atoms with van der Waals surface area (Å²) >= 11 is 0. The summed E-state index contributed by atoms with van der Waals surface area (Å²) in [4.78, 5) is 19.8. The maximum absolute atomic E-state index is 13.4. The molecule has 0 bridgehead atoms. The Morgan fingerprint density at radius 1 is 1.09 bits per heavy atom. The van der Waals surface area contributed by atoms with E-state index in [9.17, 15) is 4.79 Å². The zero-order valence-corrected chi connectivity index (χ0v) is 19.0. The lowest BCUT2D eigenvalue weighted by molar-refractivity contribution is -0.130. The number of likely N-dealkylation sites (tertiary alicyclic amines) is 1. The third-order valence-electron chi connectivity index (χ3n) is 6.70. The Kier molecular flexibility index (Phi) is 5.33. The molecule has 164 valence electrons. The molecule has 0 N–H and O–H groups in total. The normalized spacial score (nSPS) is 19.5. The predicted octanol–water partition coefficient (Wildman–Crippen LogP) is 4.67. The number of aryl methyl sites for hydroxylation is 2. The van der Waals surface area contributed by atoms with E-state index in [0.717, 1.165) is 66.1 Å². The molecule has 1 atom stereocenters. The predicted molar refractivity (Wildman–Crippen MR) is 126 cm³/mol. The molecule has 1 saturated heterocycles. The molecule has 32 heavy (non-hydrogen) atoms. The summed E-state index contributed by atoms with van der Waals surface area (Å²) in [5.41, 5.74) is 7.90. The van der Waals surface area contributed by atoms with Gasteiger partial charge in [-0.25, -0.2) is 4.98 Å². The van der Waals surface area contributed by atoms with E-state index in [2.05, 4.69) is 53.2 Å². The maximum Gasteiger partial charge on any atom is 0.250 e. The Labute approximate surface area is 189 Å². The van der Waals surface area contributed by atoms with Crippen molar-refractivity contribution in [2.45, 2.75) is 45.6 Å². The second kappa shape index (κ2) is 8.30. The summed E-state index contributed by atoms with van der Waals surface area (Å²) in [6.07, 6.45) is 9.63. The Hall–Kier alpha value is -3.34. The van der Waals surface area contributed by atoms with Gasteiger partial charge in [-0.3, -0.25) is 4.79 Å². The minimum absolute atomic E-state index is 0.188. The van der Waals surface area contributed by atoms with Crippen LogP contribution in [0.5, 0.6) is 5.75 Å². The van der Waals surface area contributed by atoms with Gasteiger partial charge < -0.3 is 14.2 Å². The third kappa shape index (κ3) is 3.83. The highest BCUT2D eigenvalue weighted by Crippen LogP contribution is 2.32. The van der Waals surface area contributed by atoms with Gasteiger partial charge in [-0.15, -0.1) is 0 Å². The summed E-state index contributed by atoms with van der Waals surface area (Å²) in [6.45, 7) is 4.93. The molecule has 5 nitrogen and oxygen atoms in total. The standard InChI is InChI=1S/C27H29N3O2/c1-18-11-20(6-9-26(18)29-16-19(2)28-17-29)12-22-5-4-10-30(27(22)31)24-13-21-7-8-25(32-3)15-23(21)14-24/h6-9,11-12,15-17,24H,4-5,10,13-14H2,1-3H3/b22-12+/t24-/m0/s1. The van der Waals surface area contributed by atoms with Crippen molar-refractivity contribution in [1.82, 2.24) is 14.5 Å². The lowest BCUT2D eigenvalue weighted by atomic mass is 9.97. The molecule has 5 rings (SSSR count). The van der Waals surface area contributed by atoms with Crippen LogP contribution in [0.25, 0.3) is 11.8 Å². The van der Waals surface area contributed by atoms with Gasteiger partial charge in [0.1, 0.15) is 5.75 Å². The van der Waals surface area contributed by atoms with Gasteiger partial charge in [0.2, 0.25) is 5.91 Å². The van der Waals surface area contributed by atoms with E-state index in [0.29, 0.717) is 0 Å². The van der Waals surface area contributed by atoms with Gasteiger partial charge in [0.05, 0.1) is 19.1 Å². The molecule has 0 unspecified atom stereocenters. The van der Waals surface area contributed by atoms with Gasteiger partial charge in [0, 0.05) is 30.0 Å². The number of carbonyl (C=O) groups excluding carboxylic acids is 1. The van der Waals surface area contributed by atoms with E-state index in [-0.39, 0.29) is 11.9 Å². The van der Waals surface area contributed by atoms with Crippen molar-refractivity contribution in [2.75, 3.05) is 13.7 Å². The first-order chi connectivity index (χ1) is 15.5. The summed E-state index contributed by atoms with van der Waals surface area (Å²) in [7, 11) is 1.70. The molecule has 0 saturated carbocycles. The van der Waals surface area contributed by atoms with Crippen molar-refractivity contribution < 1.29 is 9.53 Å². The molecule has 0 spiro atoms. The molecule has 5 heteroatoms. The van der Waals surface area contributed by atoms with Crippen molar-refractivity contribution in [2.24, 2.45) is 0 Å². The number of benzene rings is 2. The van der Waals surface area contributed by atoms with Gasteiger partial charge in [0.15, 0.2) is 0 Å². The van der Waals surface area contributed by atoms with E-state index in [1.807, 2.05) is 30.1 Å². The number of piperidine rings is 1. The van der Waals surface area contributed by atoms with Crippen LogP contribution in [0.15, 0.2) is 54.5 Å². The van der Waals surface area contributed by atoms with Gasteiger partial charge in [-0.1, -0.05) is 12.1 Å². The number of imidazole rings is 1. The van der Waals surface area contributed by atoms with E-state index < -0.39 is 0 Å². The Morgan fingerprint density at radius 2 is 1.94 bits per heavy atom. The number of ether oxygens (including phenoxy) is 1. The highest BCUT2D eigenvalue weighted by atomic mass is 16.5. The van der Waals surface area contributed by atoms with Crippen LogP contribution in [-0.2, 0) is 17.6 Å². The number of carbonyl (C=O) groups is 1. The Morgan fingerprint density at radius 3 is 2.69 bits per heavy atom. The monoisotopic (exact) mass is 427 g/mol. The first-order valence-electron chi connectivity index (χ1n) is 11.3. The van der Waals surface area contributed by atoms with Crippen molar-refractivity contribution in [3.05, 3.63) is 82.4 Å². The lowest BCUT2D eigenvalue weighted by Gasteiger charge is -2.33. The minimum Gasteiger partial charge on any atom is -0.497 e. The van der Waals surface area contributed by atoms with Crippen molar-refractivity contribution in [3.63, 3.8) is 0 Å². The van der Waals surface area contributed by atoms with E-state index >= 15 is 0 Å². The van der Waals surface area contributed by atoms with Crippen LogP contribution in [0.2, 0.25) is 0 Å². The van der Waals surface area contributed by atoms with Crippen molar-refractivity contribution in [3.8, 4) is 11.4 Å². The Balaban J connectivity index is 1.35. The molecular weight excluding hydrogens is 398 g/mol. The van der Waals surface area contributed by atoms with Gasteiger partial charge in [0.25, 0.3) is 0 Å². The van der Waals surface area contributed by atoms with Crippen LogP contribution in [-0.4, -0.2) is 40.1 Å². The molecule has 2 aromatic carbocycles. The van der Waals surface area contributed by atoms with Crippen LogP contribution in [0.1, 0.15) is 40.8 Å². The topological polar surface area (TPSA) is 47.4 Å². The molecular formula is C27H29N3O2. The fourth-order valence-electron chi connectivity index (χ4n) is 5.05. The average Bonchev–Trinajstić information content (AvgIpc) is 3.40. The number of amides is 1. The largest absolute Gasteiger partial charge is 0.497 e. The highest BCUT2D eigenvalue weighted by Gasteiger charge is 2.33. The molecule has 1 aliphatic carbocycles. The Bertz CT molecular complexity index is 1210. The zero-order valence-electron chi connectivity index (χ0n) is 19.0. The number of hydrogen-bond acceptors (Lipinski definition) is 3. The van der Waals surface area contributed by atoms with E-state index in [1.54, 1.807) is 7.11 Å². The van der Waals surface area contributed by atoms with E-state index in [4.69, 9.17) is 4.74 Å². The first-order valence-corrected chi connectivity index (χ1v) is 11.3. The van der Waals surface area contributed by atoms with E-state index in [1.165, 1.54) is 11.1 Å². The minimum atomic E-state index is 0.188. The maximum atomic E-state index is 13.4. The molecule has 2 heterocycles. The average molecular weight is 428 g/mol. The molecule has 1 aromatic heterocycles. The number of methoxy groups -OCH3 is 1. The van der Waals surface area contributed by atoms with Crippen molar-refractivity contribution >= 4 is 12.0 Å². The fourth-order valence-corrected chi connectivity index (χ4v) is 5.05. The summed E-state index contributed by atoms with van der Waals surface area (Å²) in [5, 5.41) is 0. The number of aromatic nitrogens is 2. The van der Waals surface area contributed by atoms with Crippen LogP contribution < -0.4 is 4.74 Å². The van der Waals surface area contributed by atoms with Crippen LogP contribution >= 0.6 is 0 Å². The number of fused-ring (bicyclic) bond motifs is 1. The second-order valence-corrected chi connectivity index (χ2v) is 8.94. The smallest absolute Gasteiger partial charge is 0.250 e. The molecule has 2 aliphatic rings. The van der Waals surface area contributed by atoms with Gasteiger partial charge in [-0.05, 0) is 92.1 Å². The van der Waals surface area contributed by atoms with Crippen molar-refractivity contribution in [1.29, 1.82) is 0 Å². The molecule has 1 amide bonds. The third-order valence-corrected chi connectivity index (χ3v) is 6.70. The second-order valence-electron chi connectivity index (χ2n) is 8.94. The van der Waals surface area contributed by atoms with Gasteiger partial charge >= 0.3 is 0 Å². The number of rotatable bonds is 4. The van der Waals surface area contributed by atoms with Gasteiger partial charge in [-0.2, -0.15) is 0 Å². The SMILES string of the molecule is COc1ccc2c(c1)C[C@@H](N1CCC/C(=C\c3ccc(-n4cnc(C)c4)c(C)c3)C1=O)C2. The molecule has 1 fully saturated rings. The molecule has 3 aromatic rings. The highest BCUT2D eigenvalue weighted by molar-refractivity contribution is 5.98.